The Labute approximate surface area is 111 Å². The second-order valence-corrected chi connectivity index (χ2v) is 5.38. The summed E-state index contributed by atoms with van der Waals surface area (Å²) < 4.78 is 2.00. The molecule has 1 N–H and O–H groups in total. The number of amides is 1. The normalized spacial score (nSPS) is 23.4. The summed E-state index contributed by atoms with van der Waals surface area (Å²) in [5.41, 5.74) is 0.635. The third-order valence-corrected chi connectivity index (χ3v) is 3.99. The van der Waals surface area contributed by atoms with Gasteiger partial charge in [-0.2, -0.15) is 0 Å². The van der Waals surface area contributed by atoms with Crippen LogP contribution in [0.5, 0.6) is 0 Å². The first kappa shape index (κ1) is 12.3. The minimum absolute atomic E-state index is 0.135. The molecule has 0 aromatic carbocycles. The Morgan fingerprint density at radius 2 is 2.00 bits per heavy atom. The standard InChI is InChI=1S/C14H18N2O3/c17-13(11-5-3-9-15(11)10-6-7-10)16-8-2-1-4-12(16)14(18)19/h3,5,9-10,12H,1-2,4,6-8H2,(H,18,19). The van der Waals surface area contributed by atoms with Crippen LogP contribution < -0.4 is 0 Å². The summed E-state index contributed by atoms with van der Waals surface area (Å²) in [6.45, 7) is 0.547. The van der Waals surface area contributed by atoms with E-state index in [1.54, 1.807) is 6.07 Å². The first-order valence-electron chi connectivity index (χ1n) is 6.89. The van der Waals surface area contributed by atoms with E-state index < -0.39 is 12.0 Å². The van der Waals surface area contributed by atoms with Crippen LogP contribution in [0.1, 0.15) is 48.6 Å². The monoisotopic (exact) mass is 262 g/mol. The second-order valence-electron chi connectivity index (χ2n) is 5.38. The molecule has 1 aliphatic heterocycles. The molecule has 2 fully saturated rings. The number of piperidine rings is 1. The molecule has 5 heteroatoms. The molecule has 0 spiro atoms. The molecule has 1 aromatic heterocycles. The van der Waals surface area contributed by atoms with Crippen molar-refractivity contribution in [3.05, 3.63) is 24.0 Å². The summed E-state index contributed by atoms with van der Waals surface area (Å²) in [4.78, 5) is 25.4. The summed E-state index contributed by atoms with van der Waals surface area (Å²) in [6, 6.07) is 3.44. The van der Waals surface area contributed by atoms with Crippen LogP contribution in [0.25, 0.3) is 0 Å². The predicted molar refractivity (Wildman–Crippen MR) is 69.0 cm³/mol. The van der Waals surface area contributed by atoms with E-state index in [9.17, 15) is 14.7 Å². The molecule has 19 heavy (non-hydrogen) atoms. The topological polar surface area (TPSA) is 62.5 Å². The van der Waals surface area contributed by atoms with E-state index in [0.29, 0.717) is 24.7 Å². The van der Waals surface area contributed by atoms with Gasteiger partial charge in [0.05, 0.1) is 0 Å². The van der Waals surface area contributed by atoms with Gasteiger partial charge in [0.1, 0.15) is 11.7 Å². The fourth-order valence-corrected chi connectivity index (χ4v) is 2.82. The van der Waals surface area contributed by atoms with Crippen molar-refractivity contribution in [2.24, 2.45) is 0 Å². The zero-order valence-electron chi connectivity index (χ0n) is 10.8. The van der Waals surface area contributed by atoms with Crippen LogP contribution in [0, 0.1) is 0 Å². The lowest BCUT2D eigenvalue weighted by atomic mass is 10.0. The third-order valence-electron chi connectivity index (χ3n) is 3.99. The molecule has 1 amide bonds. The Bertz CT molecular complexity index is 505. The molecule has 2 heterocycles. The van der Waals surface area contributed by atoms with Crippen molar-refractivity contribution in [3.63, 3.8) is 0 Å². The van der Waals surface area contributed by atoms with E-state index in [0.717, 1.165) is 25.7 Å². The molecule has 1 aliphatic carbocycles. The average molecular weight is 262 g/mol. The maximum atomic E-state index is 12.6. The fraction of sp³-hybridized carbons (Fsp3) is 0.571. The van der Waals surface area contributed by atoms with Gasteiger partial charge in [0.15, 0.2) is 0 Å². The van der Waals surface area contributed by atoms with Gasteiger partial charge in [0, 0.05) is 18.8 Å². The molecule has 0 radical (unpaired) electrons. The molecule has 1 atom stereocenters. The van der Waals surface area contributed by atoms with Gasteiger partial charge in [0.2, 0.25) is 0 Å². The fourth-order valence-electron chi connectivity index (χ4n) is 2.82. The van der Waals surface area contributed by atoms with Crippen LogP contribution in [0.2, 0.25) is 0 Å². The van der Waals surface area contributed by atoms with Crippen molar-refractivity contribution in [3.8, 4) is 0 Å². The Hall–Kier alpha value is -1.78. The van der Waals surface area contributed by atoms with E-state index in [1.165, 1.54) is 4.90 Å². The minimum atomic E-state index is -0.891. The van der Waals surface area contributed by atoms with Gasteiger partial charge >= 0.3 is 5.97 Å². The van der Waals surface area contributed by atoms with E-state index in [-0.39, 0.29) is 5.91 Å². The van der Waals surface area contributed by atoms with Crippen LogP contribution in [0.4, 0.5) is 0 Å². The van der Waals surface area contributed by atoms with Crippen molar-refractivity contribution >= 4 is 11.9 Å². The zero-order valence-corrected chi connectivity index (χ0v) is 10.8. The van der Waals surface area contributed by atoms with Crippen LogP contribution >= 0.6 is 0 Å². The molecule has 1 unspecified atom stereocenters. The largest absolute Gasteiger partial charge is 0.480 e. The van der Waals surface area contributed by atoms with E-state index in [2.05, 4.69) is 0 Å². The highest BCUT2D eigenvalue weighted by atomic mass is 16.4. The number of aliphatic carboxylic acids is 1. The Balaban J connectivity index is 1.85. The summed E-state index contributed by atoms with van der Waals surface area (Å²) in [5, 5.41) is 9.25. The number of carboxylic acid groups (broad SMARTS) is 1. The number of likely N-dealkylation sites (tertiary alicyclic amines) is 1. The molecule has 0 bridgehead atoms. The number of hydrogen-bond acceptors (Lipinski definition) is 2. The van der Waals surface area contributed by atoms with Crippen LogP contribution in [-0.4, -0.2) is 39.0 Å². The minimum Gasteiger partial charge on any atom is -0.480 e. The zero-order chi connectivity index (χ0) is 13.4. The molecular weight excluding hydrogens is 244 g/mol. The van der Waals surface area contributed by atoms with Crippen molar-refractivity contribution in [1.29, 1.82) is 0 Å². The molecule has 1 saturated heterocycles. The lowest BCUT2D eigenvalue weighted by molar-refractivity contribution is -0.143. The highest BCUT2D eigenvalue weighted by Crippen LogP contribution is 2.36. The van der Waals surface area contributed by atoms with E-state index >= 15 is 0 Å². The van der Waals surface area contributed by atoms with Crippen molar-refractivity contribution in [2.45, 2.75) is 44.2 Å². The lowest BCUT2D eigenvalue weighted by Crippen LogP contribution is -2.48. The quantitative estimate of drug-likeness (QED) is 0.905. The Morgan fingerprint density at radius 3 is 2.68 bits per heavy atom. The van der Waals surface area contributed by atoms with E-state index in [1.807, 2.05) is 16.8 Å². The third kappa shape index (κ3) is 2.25. The van der Waals surface area contributed by atoms with Gasteiger partial charge in [-0.3, -0.25) is 4.79 Å². The average Bonchev–Trinajstić information content (AvgIpc) is 3.15. The maximum Gasteiger partial charge on any atom is 0.326 e. The number of nitrogens with zero attached hydrogens (tertiary/aromatic N) is 2. The number of hydrogen-bond donors (Lipinski definition) is 1. The number of rotatable bonds is 3. The van der Waals surface area contributed by atoms with Gasteiger partial charge in [0.25, 0.3) is 5.91 Å². The van der Waals surface area contributed by atoms with E-state index in [4.69, 9.17) is 0 Å². The molecule has 1 aromatic rings. The second kappa shape index (κ2) is 4.72. The van der Waals surface area contributed by atoms with Crippen molar-refractivity contribution < 1.29 is 14.7 Å². The maximum absolute atomic E-state index is 12.6. The van der Waals surface area contributed by atoms with Gasteiger partial charge in [-0.05, 0) is 44.2 Å². The smallest absolute Gasteiger partial charge is 0.326 e. The SMILES string of the molecule is O=C(O)C1CCCCN1C(=O)c1cccn1C1CC1. The predicted octanol–water partition coefficient (Wildman–Crippen LogP) is 1.90. The first-order valence-corrected chi connectivity index (χ1v) is 6.89. The first-order chi connectivity index (χ1) is 9.18. The number of carbonyl (C=O) groups is 2. The molecular formula is C14H18N2O3. The molecule has 5 nitrogen and oxygen atoms in total. The van der Waals surface area contributed by atoms with Crippen molar-refractivity contribution in [2.75, 3.05) is 6.54 Å². The van der Waals surface area contributed by atoms with Crippen LogP contribution in [0.3, 0.4) is 0 Å². The van der Waals surface area contributed by atoms with Crippen LogP contribution in [-0.2, 0) is 4.79 Å². The van der Waals surface area contributed by atoms with Gasteiger partial charge < -0.3 is 14.6 Å². The Kier molecular flexibility index (Phi) is 3.05. The molecule has 1 saturated carbocycles. The summed E-state index contributed by atoms with van der Waals surface area (Å²) in [5.74, 6) is -1.03. The Morgan fingerprint density at radius 1 is 1.21 bits per heavy atom. The molecule has 102 valence electrons. The molecule has 2 aliphatic rings. The summed E-state index contributed by atoms with van der Waals surface area (Å²) >= 11 is 0. The summed E-state index contributed by atoms with van der Waals surface area (Å²) in [6.07, 6.45) is 6.47. The number of carboxylic acids is 1. The lowest BCUT2D eigenvalue weighted by Gasteiger charge is -2.33. The highest BCUT2D eigenvalue weighted by Gasteiger charge is 2.35. The van der Waals surface area contributed by atoms with Gasteiger partial charge in [-0.15, -0.1) is 0 Å². The van der Waals surface area contributed by atoms with Gasteiger partial charge in [-0.25, -0.2) is 4.79 Å². The van der Waals surface area contributed by atoms with Crippen molar-refractivity contribution in [1.82, 2.24) is 9.47 Å². The number of aromatic nitrogens is 1. The van der Waals surface area contributed by atoms with Crippen LogP contribution in [0.15, 0.2) is 18.3 Å². The number of carbonyl (C=O) groups excluding carboxylic acids is 1. The molecule has 3 rings (SSSR count). The summed E-state index contributed by atoms with van der Waals surface area (Å²) in [7, 11) is 0. The van der Waals surface area contributed by atoms with Gasteiger partial charge in [-0.1, -0.05) is 0 Å². The highest BCUT2D eigenvalue weighted by molar-refractivity contribution is 5.95.